The molecule has 1 N–H and O–H groups in total. The fraction of sp³-hybridized carbons (Fsp3) is 0.200. The van der Waals surface area contributed by atoms with Crippen LogP contribution in [0.4, 0.5) is 5.69 Å². The van der Waals surface area contributed by atoms with Crippen molar-refractivity contribution in [3.8, 4) is 22.9 Å². The van der Waals surface area contributed by atoms with E-state index in [4.69, 9.17) is 9.47 Å². The summed E-state index contributed by atoms with van der Waals surface area (Å²) < 4.78 is 12.3. The van der Waals surface area contributed by atoms with E-state index < -0.39 is 0 Å². The first kappa shape index (κ1) is 20.4. The van der Waals surface area contributed by atoms with Gasteiger partial charge in [0.05, 0.1) is 20.0 Å². The molecule has 0 spiro atoms. The van der Waals surface area contributed by atoms with Gasteiger partial charge in [0, 0.05) is 48.4 Å². The van der Waals surface area contributed by atoms with Crippen molar-refractivity contribution in [1.29, 1.82) is 0 Å². The summed E-state index contributed by atoms with van der Waals surface area (Å²) in [5.74, 6) is 1.86. The normalized spacial score (nSPS) is 10.4. The third-order valence-corrected chi connectivity index (χ3v) is 4.88. The largest absolute Gasteiger partial charge is 0.497 e. The van der Waals surface area contributed by atoms with Crippen LogP contribution in [0, 0.1) is 0 Å². The summed E-state index contributed by atoms with van der Waals surface area (Å²) in [6.45, 7) is 4.31. The minimum atomic E-state index is -0.179. The maximum absolute atomic E-state index is 12.4. The Morgan fingerprint density at radius 1 is 1.24 bits per heavy atom. The zero-order valence-electron chi connectivity index (χ0n) is 16.2. The zero-order valence-corrected chi connectivity index (χ0v) is 17.0. The molecule has 0 saturated carbocycles. The third kappa shape index (κ3) is 5.14. The smallest absolute Gasteiger partial charge is 0.234 e. The van der Waals surface area contributed by atoms with Gasteiger partial charge in [0.25, 0.3) is 0 Å². The minimum Gasteiger partial charge on any atom is -0.497 e. The summed E-state index contributed by atoms with van der Waals surface area (Å²) in [6.07, 6.45) is 5.18. The first-order valence-electron chi connectivity index (χ1n) is 8.74. The summed E-state index contributed by atoms with van der Waals surface area (Å²) >= 11 is 1.30. The Balaban J connectivity index is 1.70. The number of anilines is 1. The number of carbonyl (C=O) groups excluding carboxylic acids is 1. The van der Waals surface area contributed by atoms with Gasteiger partial charge in [-0.2, -0.15) is 0 Å². The van der Waals surface area contributed by atoms with Gasteiger partial charge >= 0.3 is 0 Å². The molecule has 9 heteroatoms. The SMILES string of the molecule is C=CCn1c(SCC(=O)Nc2cc(OC)cc(OC)c2)nnc1-c1cccnc1. The Bertz CT molecular complexity index is 969. The highest BCUT2D eigenvalue weighted by molar-refractivity contribution is 7.99. The van der Waals surface area contributed by atoms with Gasteiger partial charge in [-0.3, -0.25) is 14.3 Å². The molecule has 150 valence electrons. The Kier molecular flexibility index (Phi) is 6.85. The first-order chi connectivity index (χ1) is 14.1. The van der Waals surface area contributed by atoms with E-state index >= 15 is 0 Å². The molecule has 3 rings (SSSR count). The fourth-order valence-corrected chi connectivity index (χ4v) is 3.35. The summed E-state index contributed by atoms with van der Waals surface area (Å²) in [7, 11) is 3.12. The number of pyridine rings is 1. The summed E-state index contributed by atoms with van der Waals surface area (Å²) in [4.78, 5) is 16.6. The standard InChI is InChI=1S/C20H21N5O3S/c1-4-8-25-19(14-6-5-7-21-12-14)23-24-20(25)29-13-18(26)22-15-9-16(27-2)11-17(10-15)28-3/h4-7,9-12H,1,8,13H2,2-3H3,(H,22,26). The van der Waals surface area contributed by atoms with Crippen molar-refractivity contribution in [3.63, 3.8) is 0 Å². The predicted octanol–water partition coefficient (Wildman–Crippen LogP) is 3.27. The van der Waals surface area contributed by atoms with Crippen LogP contribution in [0.3, 0.4) is 0 Å². The Morgan fingerprint density at radius 2 is 2.00 bits per heavy atom. The molecule has 2 heterocycles. The predicted molar refractivity (Wildman–Crippen MR) is 112 cm³/mol. The van der Waals surface area contributed by atoms with Crippen molar-refractivity contribution in [2.75, 3.05) is 25.3 Å². The molecule has 0 saturated heterocycles. The van der Waals surface area contributed by atoms with Gasteiger partial charge in [-0.1, -0.05) is 17.8 Å². The minimum absolute atomic E-state index is 0.168. The second-order valence-electron chi connectivity index (χ2n) is 5.89. The number of amides is 1. The summed E-state index contributed by atoms with van der Waals surface area (Å²) in [6, 6.07) is 8.94. The molecule has 1 aromatic carbocycles. The maximum atomic E-state index is 12.4. The molecule has 0 aliphatic heterocycles. The number of methoxy groups -OCH3 is 2. The zero-order chi connectivity index (χ0) is 20.6. The molecule has 0 bridgehead atoms. The Hall–Kier alpha value is -3.33. The fourth-order valence-electron chi connectivity index (χ4n) is 2.60. The van der Waals surface area contributed by atoms with E-state index in [1.54, 1.807) is 50.9 Å². The van der Waals surface area contributed by atoms with Crippen LogP contribution in [0.5, 0.6) is 11.5 Å². The molecule has 2 aromatic heterocycles. The number of hydrogen-bond donors (Lipinski definition) is 1. The van der Waals surface area contributed by atoms with Crippen LogP contribution in [0.1, 0.15) is 0 Å². The highest BCUT2D eigenvalue weighted by Crippen LogP contribution is 2.27. The number of nitrogens with one attached hydrogen (secondary N) is 1. The number of thioether (sulfide) groups is 1. The van der Waals surface area contributed by atoms with E-state index in [9.17, 15) is 4.79 Å². The van der Waals surface area contributed by atoms with Gasteiger partial charge in [0.1, 0.15) is 11.5 Å². The van der Waals surface area contributed by atoms with Crippen molar-refractivity contribution in [2.45, 2.75) is 11.7 Å². The maximum Gasteiger partial charge on any atom is 0.234 e. The highest BCUT2D eigenvalue weighted by atomic mass is 32.2. The molecule has 3 aromatic rings. The average molecular weight is 411 g/mol. The number of nitrogens with zero attached hydrogens (tertiary/aromatic N) is 4. The van der Waals surface area contributed by atoms with Crippen molar-refractivity contribution >= 4 is 23.4 Å². The van der Waals surface area contributed by atoms with E-state index in [0.717, 1.165) is 5.56 Å². The lowest BCUT2D eigenvalue weighted by Crippen LogP contribution is -2.15. The molecule has 0 unspecified atom stereocenters. The van der Waals surface area contributed by atoms with E-state index in [1.807, 2.05) is 16.7 Å². The second-order valence-corrected chi connectivity index (χ2v) is 6.83. The lowest BCUT2D eigenvalue weighted by atomic mass is 10.2. The summed E-state index contributed by atoms with van der Waals surface area (Å²) in [5.41, 5.74) is 1.44. The van der Waals surface area contributed by atoms with Gasteiger partial charge in [-0.15, -0.1) is 16.8 Å². The number of rotatable bonds is 9. The average Bonchev–Trinajstić information content (AvgIpc) is 3.15. The monoisotopic (exact) mass is 411 g/mol. The molecule has 29 heavy (non-hydrogen) atoms. The second kappa shape index (κ2) is 9.74. The Labute approximate surface area is 173 Å². The number of ether oxygens (including phenoxy) is 2. The number of allylic oxidation sites excluding steroid dienone is 1. The first-order valence-corrected chi connectivity index (χ1v) is 9.73. The van der Waals surface area contributed by atoms with Crippen LogP contribution in [-0.2, 0) is 11.3 Å². The van der Waals surface area contributed by atoms with Gasteiger partial charge in [0.15, 0.2) is 11.0 Å². The molecule has 8 nitrogen and oxygen atoms in total. The van der Waals surface area contributed by atoms with E-state index in [2.05, 4.69) is 27.1 Å². The molecule has 0 aliphatic rings. The topological polar surface area (TPSA) is 91.2 Å². The number of aromatic nitrogens is 4. The van der Waals surface area contributed by atoms with Crippen LogP contribution in [0.2, 0.25) is 0 Å². The van der Waals surface area contributed by atoms with Crippen molar-refractivity contribution in [3.05, 3.63) is 55.4 Å². The van der Waals surface area contributed by atoms with Crippen LogP contribution in [0.15, 0.2) is 60.5 Å². The molecule has 0 atom stereocenters. The lowest BCUT2D eigenvalue weighted by Gasteiger charge is -2.10. The molecule has 0 aliphatic carbocycles. The molecule has 0 fully saturated rings. The van der Waals surface area contributed by atoms with Gasteiger partial charge in [-0.25, -0.2) is 0 Å². The van der Waals surface area contributed by atoms with Crippen molar-refractivity contribution < 1.29 is 14.3 Å². The summed E-state index contributed by atoms with van der Waals surface area (Å²) in [5, 5.41) is 11.9. The number of carbonyl (C=O) groups is 1. The Morgan fingerprint density at radius 3 is 2.62 bits per heavy atom. The van der Waals surface area contributed by atoms with E-state index in [0.29, 0.717) is 34.7 Å². The molecular formula is C20H21N5O3S. The number of benzene rings is 1. The molecule has 0 radical (unpaired) electrons. The molecule has 1 amide bonds. The quantitative estimate of drug-likeness (QED) is 0.427. The van der Waals surface area contributed by atoms with Crippen molar-refractivity contribution in [2.24, 2.45) is 0 Å². The van der Waals surface area contributed by atoms with Gasteiger partial charge in [0.2, 0.25) is 5.91 Å². The number of hydrogen-bond acceptors (Lipinski definition) is 7. The van der Waals surface area contributed by atoms with Gasteiger partial charge in [-0.05, 0) is 12.1 Å². The van der Waals surface area contributed by atoms with E-state index in [-0.39, 0.29) is 11.7 Å². The lowest BCUT2D eigenvalue weighted by molar-refractivity contribution is -0.113. The van der Waals surface area contributed by atoms with Crippen LogP contribution in [-0.4, -0.2) is 45.6 Å². The molecular weight excluding hydrogens is 390 g/mol. The van der Waals surface area contributed by atoms with E-state index in [1.165, 1.54) is 11.8 Å². The van der Waals surface area contributed by atoms with Crippen LogP contribution < -0.4 is 14.8 Å². The van der Waals surface area contributed by atoms with Crippen molar-refractivity contribution in [1.82, 2.24) is 19.7 Å². The van der Waals surface area contributed by atoms with Gasteiger partial charge < -0.3 is 14.8 Å². The highest BCUT2D eigenvalue weighted by Gasteiger charge is 2.15. The van der Waals surface area contributed by atoms with Crippen LogP contribution in [0.25, 0.3) is 11.4 Å². The van der Waals surface area contributed by atoms with Crippen LogP contribution >= 0.6 is 11.8 Å². The third-order valence-electron chi connectivity index (χ3n) is 3.92.